The third-order valence-electron chi connectivity index (χ3n) is 4.62. The zero-order valence-corrected chi connectivity index (χ0v) is 17.0. The van der Waals surface area contributed by atoms with Gasteiger partial charge in [-0.1, -0.05) is 12.1 Å². The standard InChI is InChI=1S/C19H19BrN6O2/c1-2-17-23-18(24-28-17)13-3-4-16(22-11-13)25-5-7-26(8-6-25)19(27)14-9-15(20)12-21-10-14/h3-4,9-12H,2,5-8H2,1H3. The van der Waals surface area contributed by atoms with Gasteiger partial charge >= 0.3 is 0 Å². The molecular formula is C19H19BrN6O2. The van der Waals surface area contributed by atoms with Crippen LogP contribution in [0.15, 0.2) is 45.8 Å². The highest BCUT2D eigenvalue weighted by atomic mass is 79.9. The van der Waals surface area contributed by atoms with Gasteiger partial charge in [0.05, 0.1) is 5.56 Å². The summed E-state index contributed by atoms with van der Waals surface area (Å²) in [4.78, 5) is 29.6. The van der Waals surface area contributed by atoms with E-state index in [9.17, 15) is 4.79 Å². The largest absolute Gasteiger partial charge is 0.353 e. The van der Waals surface area contributed by atoms with Gasteiger partial charge in [0.1, 0.15) is 5.82 Å². The highest BCUT2D eigenvalue weighted by Gasteiger charge is 2.23. The van der Waals surface area contributed by atoms with Crippen LogP contribution in [-0.2, 0) is 6.42 Å². The highest BCUT2D eigenvalue weighted by Crippen LogP contribution is 2.20. The fourth-order valence-corrected chi connectivity index (χ4v) is 3.44. The lowest BCUT2D eigenvalue weighted by molar-refractivity contribution is 0.0746. The summed E-state index contributed by atoms with van der Waals surface area (Å²) in [6, 6.07) is 5.69. The fourth-order valence-electron chi connectivity index (χ4n) is 3.07. The number of halogens is 1. The zero-order chi connectivity index (χ0) is 19.5. The fraction of sp³-hybridized carbons (Fsp3) is 0.316. The lowest BCUT2D eigenvalue weighted by Crippen LogP contribution is -2.49. The predicted molar refractivity (Wildman–Crippen MR) is 107 cm³/mol. The van der Waals surface area contributed by atoms with Crippen molar-refractivity contribution in [2.45, 2.75) is 13.3 Å². The number of aromatic nitrogens is 4. The molecule has 0 aromatic carbocycles. The van der Waals surface area contributed by atoms with E-state index in [0.717, 1.165) is 28.9 Å². The number of nitrogens with zero attached hydrogens (tertiary/aromatic N) is 6. The number of amides is 1. The molecule has 0 atom stereocenters. The molecule has 3 aromatic heterocycles. The molecule has 1 fully saturated rings. The number of pyridine rings is 2. The van der Waals surface area contributed by atoms with E-state index in [4.69, 9.17) is 4.52 Å². The molecule has 0 saturated carbocycles. The first-order valence-electron chi connectivity index (χ1n) is 9.08. The number of aryl methyl sites for hydroxylation is 1. The van der Waals surface area contributed by atoms with E-state index in [0.29, 0.717) is 36.8 Å². The molecule has 4 rings (SSSR count). The molecule has 0 unspecified atom stereocenters. The molecular weight excluding hydrogens is 424 g/mol. The molecule has 0 spiro atoms. The lowest BCUT2D eigenvalue weighted by atomic mass is 10.2. The minimum Gasteiger partial charge on any atom is -0.353 e. The monoisotopic (exact) mass is 442 g/mol. The van der Waals surface area contributed by atoms with Gasteiger partial charge in [-0.05, 0) is 34.1 Å². The minimum atomic E-state index is 0.000548. The van der Waals surface area contributed by atoms with E-state index in [1.807, 2.05) is 24.0 Å². The van der Waals surface area contributed by atoms with Crippen LogP contribution in [0.4, 0.5) is 5.82 Å². The third kappa shape index (κ3) is 3.89. The normalized spacial score (nSPS) is 14.4. The van der Waals surface area contributed by atoms with Gasteiger partial charge in [0.25, 0.3) is 5.91 Å². The van der Waals surface area contributed by atoms with Crippen molar-refractivity contribution < 1.29 is 9.32 Å². The van der Waals surface area contributed by atoms with Gasteiger partial charge in [0, 0.05) is 61.2 Å². The van der Waals surface area contributed by atoms with Gasteiger partial charge in [-0.3, -0.25) is 9.78 Å². The second-order valence-corrected chi connectivity index (χ2v) is 7.36. The molecule has 1 aliphatic rings. The van der Waals surface area contributed by atoms with Crippen molar-refractivity contribution in [2.24, 2.45) is 0 Å². The predicted octanol–water partition coefficient (Wildman–Crippen LogP) is 2.81. The number of hydrogen-bond donors (Lipinski definition) is 0. The Morgan fingerprint density at radius 2 is 2.00 bits per heavy atom. The molecule has 0 radical (unpaired) electrons. The Labute approximate surface area is 170 Å². The van der Waals surface area contributed by atoms with E-state index in [1.54, 1.807) is 24.7 Å². The van der Waals surface area contributed by atoms with E-state index in [-0.39, 0.29) is 5.91 Å². The summed E-state index contributed by atoms with van der Waals surface area (Å²) in [6.45, 7) is 4.69. The summed E-state index contributed by atoms with van der Waals surface area (Å²) in [5, 5.41) is 3.97. The quantitative estimate of drug-likeness (QED) is 0.613. The third-order valence-corrected chi connectivity index (χ3v) is 5.05. The Morgan fingerprint density at radius 3 is 2.64 bits per heavy atom. The SMILES string of the molecule is CCc1nc(-c2ccc(N3CCN(C(=O)c4cncc(Br)c4)CC3)nc2)no1. The summed E-state index contributed by atoms with van der Waals surface area (Å²) in [7, 11) is 0. The molecule has 3 aromatic rings. The Balaban J connectivity index is 1.39. The maximum Gasteiger partial charge on any atom is 0.255 e. The maximum atomic E-state index is 12.6. The summed E-state index contributed by atoms with van der Waals surface area (Å²) in [6.07, 6.45) is 5.73. The average Bonchev–Trinajstić information content (AvgIpc) is 3.23. The van der Waals surface area contributed by atoms with Crippen molar-refractivity contribution in [3.05, 3.63) is 52.7 Å². The number of anilines is 1. The molecule has 1 saturated heterocycles. The van der Waals surface area contributed by atoms with Crippen LogP contribution in [-0.4, -0.2) is 57.1 Å². The molecule has 8 nitrogen and oxygen atoms in total. The number of carbonyl (C=O) groups is 1. The smallest absolute Gasteiger partial charge is 0.255 e. The molecule has 0 bridgehead atoms. The van der Waals surface area contributed by atoms with Crippen molar-refractivity contribution in [3.63, 3.8) is 0 Å². The maximum absolute atomic E-state index is 12.6. The second-order valence-electron chi connectivity index (χ2n) is 6.44. The Kier molecular flexibility index (Phi) is 5.34. The van der Waals surface area contributed by atoms with Gasteiger partial charge < -0.3 is 14.3 Å². The first kappa shape index (κ1) is 18.5. The first-order chi connectivity index (χ1) is 13.6. The van der Waals surface area contributed by atoms with Gasteiger partial charge in [0.2, 0.25) is 11.7 Å². The second kappa shape index (κ2) is 8.05. The number of piperazine rings is 1. The van der Waals surface area contributed by atoms with Crippen molar-refractivity contribution in [1.82, 2.24) is 25.0 Å². The van der Waals surface area contributed by atoms with Gasteiger partial charge in [0.15, 0.2) is 0 Å². The van der Waals surface area contributed by atoms with Crippen LogP contribution in [0, 0.1) is 0 Å². The van der Waals surface area contributed by atoms with Crippen LogP contribution in [0.5, 0.6) is 0 Å². The number of carbonyl (C=O) groups excluding carboxylic acids is 1. The van der Waals surface area contributed by atoms with E-state index in [2.05, 4.69) is 40.9 Å². The molecule has 0 N–H and O–H groups in total. The Morgan fingerprint density at radius 1 is 1.18 bits per heavy atom. The minimum absolute atomic E-state index is 0.000548. The number of rotatable bonds is 4. The number of hydrogen-bond acceptors (Lipinski definition) is 7. The molecule has 28 heavy (non-hydrogen) atoms. The molecule has 1 amide bonds. The zero-order valence-electron chi connectivity index (χ0n) is 15.4. The first-order valence-corrected chi connectivity index (χ1v) is 9.87. The summed E-state index contributed by atoms with van der Waals surface area (Å²) < 4.78 is 5.95. The van der Waals surface area contributed by atoms with Crippen LogP contribution < -0.4 is 4.90 Å². The average molecular weight is 443 g/mol. The van der Waals surface area contributed by atoms with Gasteiger partial charge in [-0.2, -0.15) is 4.98 Å². The van der Waals surface area contributed by atoms with E-state index in [1.165, 1.54) is 0 Å². The van der Waals surface area contributed by atoms with Gasteiger partial charge in [-0.25, -0.2) is 4.98 Å². The van der Waals surface area contributed by atoms with E-state index >= 15 is 0 Å². The van der Waals surface area contributed by atoms with Crippen LogP contribution in [0.2, 0.25) is 0 Å². The van der Waals surface area contributed by atoms with Crippen molar-refractivity contribution in [1.29, 1.82) is 0 Å². The summed E-state index contributed by atoms with van der Waals surface area (Å²) in [5.74, 6) is 2.04. The Hall–Kier alpha value is -2.81. The summed E-state index contributed by atoms with van der Waals surface area (Å²) >= 11 is 3.36. The van der Waals surface area contributed by atoms with Crippen molar-refractivity contribution in [2.75, 3.05) is 31.1 Å². The molecule has 1 aliphatic heterocycles. The van der Waals surface area contributed by atoms with Crippen LogP contribution in [0.1, 0.15) is 23.2 Å². The van der Waals surface area contributed by atoms with Crippen molar-refractivity contribution in [3.8, 4) is 11.4 Å². The molecule has 144 valence electrons. The lowest BCUT2D eigenvalue weighted by Gasteiger charge is -2.35. The summed E-state index contributed by atoms with van der Waals surface area (Å²) in [5.41, 5.74) is 1.42. The topological polar surface area (TPSA) is 88.3 Å². The molecule has 4 heterocycles. The van der Waals surface area contributed by atoms with Gasteiger partial charge in [-0.15, -0.1) is 0 Å². The molecule has 9 heteroatoms. The van der Waals surface area contributed by atoms with Crippen LogP contribution in [0.3, 0.4) is 0 Å². The van der Waals surface area contributed by atoms with Crippen LogP contribution in [0.25, 0.3) is 11.4 Å². The van der Waals surface area contributed by atoms with Crippen molar-refractivity contribution >= 4 is 27.7 Å². The van der Waals surface area contributed by atoms with E-state index < -0.39 is 0 Å². The Bertz CT molecular complexity index is 967. The van der Waals surface area contributed by atoms with Crippen LogP contribution >= 0.6 is 15.9 Å². The highest BCUT2D eigenvalue weighted by molar-refractivity contribution is 9.10. The molecule has 0 aliphatic carbocycles.